The molecule has 0 aliphatic rings. The fraction of sp³-hybridized carbons (Fsp3) is 0.538. The average molecular weight is 272 g/mol. The van der Waals surface area contributed by atoms with Crippen molar-refractivity contribution in [1.29, 1.82) is 0 Å². The molecule has 5 heteroatoms. The third-order valence-electron chi connectivity index (χ3n) is 2.80. The summed E-state index contributed by atoms with van der Waals surface area (Å²) in [4.78, 5) is 0. The van der Waals surface area contributed by atoms with Crippen LogP contribution in [0.15, 0.2) is 18.2 Å². The molecule has 0 saturated heterocycles. The van der Waals surface area contributed by atoms with Crippen molar-refractivity contribution in [3.63, 3.8) is 0 Å². The summed E-state index contributed by atoms with van der Waals surface area (Å²) in [5.41, 5.74) is 0.616. The summed E-state index contributed by atoms with van der Waals surface area (Å²) in [5.74, 6) is 0.622. The Morgan fingerprint density at radius 3 is 2.44 bits per heavy atom. The van der Waals surface area contributed by atoms with Crippen molar-refractivity contribution in [2.45, 2.75) is 32.4 Å². The minimum absolute atomic E-state index is 0.0361. The monoisotopic (exact) mass is 272 g/mol. The van der Waals surface area contributed by atoms with Gasteiger partial charge in [0.25, 0.3) is 0 Å². The molecule has 1 aromatic rings. The Morgan fingerprint density at radius 2 is 1.89 bits per heavy atom. The Balaban J connectivity index is 2.66. The standard InChI is InChI=1S/C13H20O4S/c1-10-11(14)6-5-7-12(10)17-8-9-18(15,16)13(2,3)4/h5-7,14H,8-9H2,1-4H3. The Morgan fingerprint density at radius 1 is 1.28 bits per heavy atom. The van der Waals surface area contributed by atoms with E-state index in [1.807, 2.05) is 0 Å². The lowest BCUT2D eigenvalue weighted by molar-refractivity contribution is 0.334. The number of hydrogen-bond donors (Lipinski definition) is 1. The fourth-order valence-electron chi connectivity index (χ4n) is 1.33. The molecule has 1 N–H and O–H groups in total. The zero-order valence-corrected chi connectivity index (χ0v) is 12.0. The largest absolute Gasteiger partial charge is 0.508 e. The van der Waals surface area contributed by atoms with Gasteiger partial charge in [-0.2, -0.15) is 0 Å². The second-order valence-electron chi connectivity index (χ2n) is 5.18. The quantitative estimate of drug-likeness (QED) is 0.913. The number of aromatic hydroxyl groups is 1. The van der Waals surface area contributed by atoms with Gasteiger partial charge in [0, 0.05) is 5.56 Å². The molecule has 0 aliphatic heterocycles. The van der Waals surface area contributed by atoms with Crippen molar-refractivity contribution in [3.8, 4) is 11.5 Å². The van der Waals surface area contributed by atoms with Crippen LogP contribution in [0.5, 0.6) is 11.5 Å². The summed E-state index contributed by atoms with van der Waals surface area (Å²) in [5, 5.41) is 9.49. The summed E-state index contributed by atoms with van der Waals surface area (Å²) >= 11 is 0. The van der Waals surface area contributed by atoms with Gasteiger partial charge in [0.1, 0.15) is 18.1 Å². The molecule has 0 spiro atoms. The van der Waals surface area contributed by atoms with Crippen molar-refractivity contribution in [2.75, 3.05) is 12.4 Å². The molecule has 0 fully saturated rings. The summed E-state index contributed by atoms with van der Waals surface area (Å²) in [6.07, 6.45) is 0. The Bertz CT molecular complexity index is 512. The lowest BCUT2D eigenvalue weighted by Gasteiger charge is -2.19. The molecule has 0 aromatic heterocycles. The molecule has 4 nitrogen and oxygen atoms in total. The Kier molecular flexibility index (Phi) is 4.27. The molecule has 0 aliphatic carbocycles. The lowest BCUT2D eigenvalue weighted by atomic mass is 10.2. The van der Waals surface area contributed by atoms with Crippen LogP contribution in [-0.4, -0.2) is 30.6 Å². The lowest BCUT2D eigenvalue weighted by Crippen LogP contribution is -2.32. The van der Waals surface area contributed by atoms with E-state index >= 15 is 0 Å². The van der Waals surface area contributed by atoms with Gasteiger partial charge < -0.3 is 9.84 Å². The summed E-state index contributed by atoms with van der Waals surface area (Å²) in [7, 11) is -3.18. The van der Waals surface area contributed by atoms with Crippen LogP contribution in [0.3, 0.4) is 0 Å². The molecule has 102 valence electrons. The molecular weight excluding hydrogens is 252 g/mol. The number of phenols is 1. The number of ether oxygens (including phenoxy) is 1. The molecule has 1 rings (SSSR count). The van der Waals surface area contributed by atoms with Crippen LogP contribution < -0.4 is 4.74 Å². The highest BCUT2D eigenvalue weighted by Gasteiger charge is 2.28. The first-order valence-electron chi connectivity index (χ1n) is 5.79. The van der Waals surface area contributed by atoms with E-state index in [1.54, 1.807) is 45.9 Å². The predicted octanol–water partition coefficient (Wildman–Crippen LogP) is 2.29. The molecule has 18 heavy (non-hydrogen) atoms. The second kappa shape index (κ2) is 5.18. The van der Waals surface area contributed by atoms with Crippen molar-refractivity contribution < 1.29 is 18.3 Å². The summed E-state index contributed by atoms with van der Waals surface area (Å²) in [6.45, 7) is 6.82. The number of rotatable bonds is 4. The van der Waals surface area contributed by atoms with Crippen molar-refractivity contribution in [2.24, 2.45) is 0 Å². The molecule has 0 radical (unpaired) electrons. The van der Waals surface area contributed by atoms with Crippen LogP contribution in [0.2, 0.25) is 0 Å². The molecule has 1 aromatic carbocycles. The van der Waals surface area contributed by atoms with E-state index in [-0.39, 0.29) is 18.1 Å². The molecular formula is C13H20O4S. The van der Waals surface area contributed by atoms with E-state index in [2.05, 4.69) is 0 Å². The van der Waals surface area contributed by atoms with Gasteiger partial charge in [-0.25, -0.2) is 8.42 Å². The van der Waals surface area contributed by atoms with Crippen molar-refractivity contribution in [3.05, 3.63) is 23.8 Å². The number of phenolic OH excluding ortho intramolecular Hbond substituents is 1. The van der Waals surface area contributed by atoms with E-state index in [4.69, 9.17) is 4.74 Å². The normalized spacial score (nSPS) is 12.4. The van der Waals surface area contributed by atoms with E-state index in [1.165, 1.54) is 0 Å². The van der Waals surface area contributed by atoms with Gasteiger partial charge in [-0.3, -0.25) is 0 Å². The molecule has 0 saturated carbocycles. The SMILES string of the molecule is Cc1c(O)cccc1OCCS(=O)(=O)C(C)(C)C. The van der Waals surface area contributed by atoms with E-state index in [9.17, 15) is 13.5 Å². The molecule has 0 atom stereocenters. The van der Waals surface area contributed by atoms with Crippen LogP contribution in [0, 0.1) is 6.92 Å². The third-order valence-corrected chi connectivity index (χ3v) is 5.37. The average Bonchev–Trinajstić information content (AvgIpc) is 2.22. The third kappa shape index (κ3) is 3.38. The maximum absolute atomic E-state index is 11.9. The maximum Gasteiger partial charge on any atom is 0.158 e. The van der Waals surface area contributed by atoms with Gasteiger partial charge in [0.2, 0.25) is 0 Å². The highest BCUT2D eigenvalue weighted by molar-refractivity contribution is 7.92. The first-order chi connectivity index (χ1) is 8.15. The Hall–Kier alpha value is -1.23. The van der Waals surface area contributed by atoms with Gasteiger partial charge in [-0.15, -0.1) is 0 Å². The number of benzene rings is 1. The Labute approximate surface area is 109 Å². The van der Waals surface area contributed by atoms with E-state index in [0.29, 0.717) is 11.3 Å². The first-order valence-corrected chi connectivity index (χ1v) is 7.44. The second-order valence-corrected chi connectivity index (χ2v) is 8.04. The topological polar surface area (TPSA) is 63.6 Å². The number of hydrogen-bond acceptors (Lipinski definition) is 4. The minimum atomic E-state index is -3.18. The fourth-order valence-corrected chi connectivity index (χ4v) is 2.24. The number of sulfone groups is 1. The van der Waals surface area contributed by atoms with Crippen molar-refractivity contribution in [1.82, 2.24) is 0 Å². The van der Waals surface area contributed by atoms with Gasteiger partial charge in [-0.05, 0) is 39.8 Å². The van der Waals surface area contributed by atoms with Gasteiger partial charge in [0.15, 0.2) is 9.84 Å². The highest BCUT2D eigenvalue weighted by atomic mass is 32.2. The van der Waals surface area contributed by atoms with Gasteiger partial charge in [-0.1, -0.05) is 6.07 Å². The zero-order chi connectivity index (χ0) is 14.0. The summed E-state index contributed by atoms with van der Waals surface area (Å²) in [6, 6.07) is 4.93. The molecule has 0 unspecified atom stereocenters. The van der Waals surface area contributed by atoms with E-state index < -0.39 is 14.6 Å². The van der Waals surface area contributed by atoms with Crippen LogP contribution in [-0.2, 0) is 9.84 Å². The highest BCUT2D eigenvalue weighted by Crippen LogP contribution is 2.26. The van der Waals surface area contributed by atoms with Gasteiger partial charge in [0.05, 0.1) is 10.5 Å². The van der Waals surface area contributed by atoms with E-state index in [0.717, 1.165) is 0 Å². The molecule has 0 heterocycles. The van der Waals surface area contributed by atoms with Crippen LogP contribution in [0.1, 0.15) is 26.3 Å². The van der Waals surface area contributed by atoms with Crippen LogP contribution in [0.4, 0.5) is 0 Å². The molecule has 0 bridgehead atoms. The minimum Gasteiger partial charge on any atom is -0.508 e. The predicted molar refractivity (Wildman–Crippen MR) is 71.9 cm³/mol. The van der Waals surface area contributed by atoms with Crippen molar-refractivity contribution >= 4 is 9.84 Å². The first kappa shape index (κ1) is 14.8. The summed E-state index contributed by atoms with van der Waals surface area (Å²) < 4.78 is 28.4. The molecule has 0 amide bonds. The van der Waals surface area contributed by atoms with Crippen LogP contribution in [0.25, 0.3) is 0 Å². The zero-order valence-electron chi connectivity index (χ0n) is 11.2. The maximum atomic E-state index is 11.9. The van der Waals surface area contributed by atoms with Gasteiger partial charge >= 0.3 is 0 Å². The smallest absolute Gasteiger partial charge is 0.158 e. The van der Waals surface area contributed by atoms with Crippen LogP contribution >= 0.6 is 0 Å².